The highest BCUT2D eigenvalue weighted by atomic mass is 19.1. The number of allylic oxidation sites excluding steroid dienone is 6. The number of ether oxygens (including phenoxy) is 1. The molecule has 1 aliphatic carbocycles. The number of ketones is 1. The fourth-order valence-electron chi connectivity index (χ4n) is 3.47. The van der Waals surface area contributed by atoms with Gasteiger partial charge in [0.25, 0.3) is 6.47 Å². The van der Waals surface area contributed by atoms with Gasteiger partial charge < -0.3 is 9.84 Å². The summed E-state index contributed by atoms with van der Waals surface area (Å²) in [6, 6.07) is 7.33. The Morgan fingerprint density at radius 3 is 2.55 bits per heavy atom. The van der Waals surface area contributed by atoms with Crippen molar-refractivity contribution < 1.29 is 23.8 Å². The normalized spacial score (nSPS) is 15.3. The SMILES string of the molecule is C/C=C(\C/C=C\CF)C(=O)c1ccc(OC(C)CCC2=CCCCCC2)cc1.O=CO. The quantitative estimate of drug-likeness (QED) is 0.190. The van der Waals surface area contributed by atoms with Crippen LogP contribution in [0, 0.1) is 0 Å². The van der Waals surface area contributed by atoms with Crippen LogP contribution in [-0.2, 0) is 4.79 Å². The van der Waals surface area contributed by atoms with Crippen LogP contribution in [0.2, 0.25) is 0 Å². The Balaban J connectivity index is 0.00000151. The number of Topliss-reactive ketones (excluding diaryl/α,β-unsaturated/α-hetero) is 1. The molecule has 0 aliphatic heterocycles. The number of rotatable bonds is 10. The molecule has 1 unspecified atom stereocenters. The molecule has 0 heterocycles. The van der Waals surface area contributed by atoms with Crippen LogP contribution >= 0.6 is 0 Å². The second kappa shape index (κ2) is 16.1. The molecule has 1 aromatic rings. The van der Waals surface area contributed by atoms with Crippen LogP contribution in [0.5, 0.6) is 5.75 Å². The monoisotopic (exact) mass is 430 g/mol. The van der Waals surface area contributed by atoms with Gasteiger partial charge in [-0.2, -0.15) is 0 Å². The molecule has 0 spiro atoms. The number of carboxylic acid groups (broad SMARTS) is 1. The maximum absolute atomic E-state index is 12.6. The Morgan fingerprint density at radius 1 is 1.19 bits per heavy atom. The Hall–Kier alpha value is -2.69. The highest BCUT2D eigenvalue weighted by molar-refractivity contribution is 6.08. The second-order valence-corrected chi connectivity index (χ2v) is 7.53. The molecule has 0 radical (unpaired) electrons. The van der Waals surface area contributed by atoms with Gasteiger partial charge in [0.15, 0.2) is 5.78 Å². The molecule has 1 N–H and O–H groups in total. The topological polar surface area (TPSA) is 63.6 Å². The zero-order chi connectivity index (χ0) is 22.9. The highest BCUT2D eigenvalue weighted by Crippen LogP contribution is 2.23. The van der Waals surface area contributed by atoms with Gasteiger partial charge in [-0.05, 0) is 88.6 Å². The van der Waals surface area contributed by atoms with Gasteiger partial charge in [-0.15, -0.1) is 0 Å². The maximum atomic E-state index is 12.6. The Morgan fingerprint density at radius 2 is 1.90 bits per heavy atom. The average Bonchev–Trinajstić information content (AvgIpc) is 3.05. The number of carbonyl (C=O) groups is 2. The summed E-state index contributed by atoms with van der Waals surface area (Å²) in [6.07, 6.45) is 16.5. The maximum Gasteiger partial charge on any atom is 0.290 e. The summed E-state index contributed by atoms with van der Waals surface area (Å²) in [5.41, 5.74) is 2.88. The minimum absolute atomic E-state index is 0.0223. The van der Waals surface area contributed by atoms with E-state index in [1.165, 1.54) is 38.2 Å². The molecule has 1 aromatic carbocycles. The van der Waals surface area contributed by atoms with E-state index in [9.17, 15) is 9.18 Å². The van der Waals surface area contributed by atoms with Crippen molar-refractivity contribution in [1.82, 2.24) is 0 Å². The summed E-state index contributed by atoms with van der Waals surface area (Å²) in [6.45, 7) is 3.18. The lowest BCUT2D eigenvalue weighted by atomic mass is 10.0. The van der Waals surface area contributed by atoms with Gasteiger partial charge in [-0.3, -0.25) is 9.59 Å². The molecule has 1 aliphatic rings. The lowest BCUT2D eigenvalue weighted by Crippen LogP contribution is -2.12. The largest absolute Gasteiger partial charge is 0.491 e. The van der Waals surface area contributed by atoms with Crippen LogP contribution in [0.4, 0.5) is 4.39 Å². The first-order valence-electron chi connectivity index (χ1n) is 11.0. The summed E-state index contributed by atoms with van der Waals surface area (Å²) >= 11 is 0. The van der Waals surface area contributed by atoms with E-state index in [1.54, 1.807) is 29.9 Å². The number of alkyl halides is 1. The van der Waals surface area contributed by atoms with Crippen LogP contribution < -0.4 is 4.74 Å². The molecule has 0 amide bonds. The highest BCUT2D eigenvalue weighted by Gasteiger charge is 2.12. The van der Waals surface area contributed by atoms with Crippen LogP contribution in [0.3, 0.4) is 0 Å². The lowest BCUT2D eigenvalue weighted by Gasteiger charge is -2.16. The molecule has 0 saturated carbocycles. The molecule has 0 bridgehead atoms. The summed E-state index contributed by atoms with van der Waals surface area (Å²) in [7, 11) is 0. The Labute approximate surface area is 185 Å². The number of benzene rings is 1. The Kier molecular flexibility index (Phi) is 13.6. The number of halogens is 1. The van der Waals surface area contributed by atoms with Crippen LogP contribution in [0.25, 0.3) is 0 Å². The number of carbonyl (C=O) groups excluding carboxylic acids is 1. The molecular weight excluding hydrogens is 395 g/mol. The second-order valence-electron chi connectivity index (χ2n) is 7.53. The third kappa shape index (κ3) is 10.8. The van der Waals surface area contributed by atoms with Gasteiger partial charge in [-0.1, -0.05) is 36.3 Å². The third-order valence-electron chi connectivity index (χ3n) is 5.19. The molecule has 2 rings (SSSR count). The summed E-state index contributed by atoms with van der Waals surface area (Å²) in [4.78, 5) is 20.9. The molecule has 0 aromatic heterocycles. The zero-order valence-electron chi connectivity index (χ0n) is 18.7. The molecule has 5 heteroatoms. The van der Waals surface area contributed by atoms with Gasteiger partial charge in [-0.25, -0.2) is 4.39 Å². The van der Waals surface area contributed by atoms with Crippen molar-refractivity contribution in [2.24, 2.45) is 0 Å². The predicted octanol–water partition coefficient (Wildman–Crippen LogP) is 6.87. The van der Waals surface area contributed by atoms with E-state index in [0.717, 1.165) is 18.6 Å². The van der Waals surface area contributed by atoms with Crippen LogP contribution in [0.1, 0.15) is 75.6 Å². The van der Waals surface area contributed by atoms with Gasteiger partial charge in [0, 0.05) is 5.56 Å². The van der Waals surface area contributed by atoms with Crippen molar-refractivity contribution >= 4 is 12.3 Å². The summed E-state index contributed by atoms with van der Waals surface area (Å²) < 4.78 is 18.2. The van der Waals surface area contributed by atoms with Gasteiger partial charge in [0.1, 0.15) is 12.4 Å². The van der Waals surface area contributed by atoms with E-state index in [4.69, 9.17) is 14.6 Å². The van der Waals surface area contributed by atoms with Crippen LogP contribution in [-0.4, -0.2) is 30.1 Å². The van der Waals surface area contributed by atoms with E-state index in [0.29, 0.717) is 17.6 Å². The summed E-state index contributed by atoms with van der Waals surface area (Å²) in [5, 5.41) is 6.89. The Bertz CT molecular complexity index is 747. The zero-order valence-corrected chi connectivity index (χ0v) is 18.7. The van der Waals surface area contributed by atoms with Gasteiger partial charge >= 0.3 is 0 Å². The molecular formula is C26H35FO4. The van der Waals surface area contributed by atoms with E-state index in [1.807, 2.05) is 19.1 Å². The van der Waals surface area contributed by atoms with Gasteiger partial charge in [0.05, 0.1) is 6.10 Å². The van der Waals surface area contributed by atoms with E-state index in [2.05, 4.69) is 13.0 Å². The minimum Gasteiger partial charge on any atom is -0.491 e. The minimum atomic E-state index is -0.507. The summed E-state index contributed by atoms with van der Waals surface area (Å²) in [5.74, 6) is 0.768. The molecule has 0 fully saturated rings. The third-order valence-corrected chi connectivity index (χ3v) is 5.19. The number of hydrogen-bond acceptors (Lipinski definition) is 3. The molecule has 31 heavy (non-hydrogen) atoms. The van der Waals surface area contributed by atoms with Crippen molar-refractivity contribution in [2.75, 3.05) is 6.67 Å². The fraction of sp³-hybridized carbons (Fsp3) is 0.462. The van der Waals surface area contributed by atoms with Crippen molar-refractivity contribution in [2.45, 2.75) is 71.3 Å². The van der Waals surface area contributed by atoms with Crippen molar-refractivity contribution in [3.63, 3.8) is 0 Å². The van der Waals surface area contributed by atoms with E-state index >= 15 is 0 Å². The van der Waals surface area contributed by atoms with Gasteiger partial charge in [0.2, 0.25) is 0 Å². The average molecular weight is 431 g/mol. The molecule has 170 valence electrons. The van der Waals surface area contributed by atoms with E-state index in [-0.39, 0.29) is 18.4 Å². The lowest BCUT2D eigenvalue weighted by molar-refractivity contribution is -0.122. The van der Waals surface area contributed by atoms with Crippen molar-refractivity contribution in [3.8, 4) is 5.75 Å². The first-order valence-corrected chi connectivity index (χ1v) is 11.0. The van der Waals surface area contributed by atoms with Crippen LogP contribution in [0.15, 0.2) is 59.7 Å². The smallest absolute Gasteiger partial charge is 0.290 e. The predicted molar refractivity (Wildman–Crippen MR) is 123 cm³/mol. The molecule has 1 atom stereocenters. The first-order chi connectivity index (χ1) is 15.0. The van der Waals surface area contributed by atoms with E-state index < -0.39 is 6.67 Å². The molecule has 0 saturated heterocycles. The standard InChI is InChI=1S/C25H33FO2.CH2O2/c1-3-22(12-8-9-19-26)25(27)23-15-17-24(18-16-23)28-20(2)13-14-21-10-6-4-5-7-11-21;2-1-3/h3,8-10,15-18,20H,4-7,11-14,19H2,1-2H3;1H,(H,2,3)/b9-8-,22-3+;. The molecule has 4 nitrogen and oxygen atoms in total. The van der Waals surface area contributed by atoms with Crippen molar-refractivity contribution in [3.05, 3.63) is 65.3 Å². The fourth-order valence-corrected chi connectivity index (χ4v) is 3.47. The van der Waals surface area contributed by atoms with Crippen molar-refractivity contribution in [1.29, 1.82) is 0 Å². The number of hydrogen-bond donors (Lipinski definition) is 1. The first kappa shape index (κ1) is 26.3.